The molecule has 0 amide bonds. The zero-order valence-electron chi connectivity index (χ0n) is 25.7. The van der Waals surface area contributed by atoms with Gasteiger partial charge in [-0.05, 0) is 97.1 Å². The molecule has 3 heterocycles. The van der Waals surface area contributed by atoms with E-state index in [0.29, 0.717) is 82.8 Å². The van der Waals surface area contributed by atoms with Crippen LogP contribution in [0.15, 0.2) is 109 Å². The molecule has 10 heteroatoms. The number of hydrogen-bond acceptors (Lipinski definition) is 5. The first-order valence-electron chi connectivity index (χ1n) is 15.2. The fourth-order valence-electron chi connectivity index (χ4n) is 6.76. The average molecular weight is 654 g/mol. The number of benzene rings is 5. The van der Waals surface area contributed by atoms with Crippen LogP contribution in [0.4, 0.5) is 13.2 Å². The van der Waals surface area contributed by atoms with Gasteiger partial charge in [-0.3, -0.25) is 4.98 Å². The number of rotatable bonds is 3. The van der Waals surface area contributed by atoms with E-state index in [-0.39, 0.29) is 5.56 Å². The second-order valence-electron chi connectivity index (χ2n) is 11.7. The summed E-state index contributed by atoms with van der Waals surface area (Å²) < 4.78 is 47.0. The van der Waals surface area contributed by atoms with Crippen molar-refractivity contribution in [2.24, 2.45) is 0 Å². The monoisotopic (exact) mass is 653 g/mol. The molecule has 0 unspecified atom stereocenters. The van der Waals surface area contributed by atoms with Gasteiger partial charge in [0.1, 0.15) is 0 Å². The third-order valence-corrected chi connectivity index (χ3v) is 8.94. The minimum atomic E-state index is -4.65. The van der Waals surface area contributed by atoms with Gasteiger partial charge in [-0.1, -0.05) is 0 Å². The van der Waals surface area contributed by atoms with E-state index >= 15 is 0 Å². The number of hydrogen-bond donors (Lipinski definition) is 0. The summed E-state index contributed by atoms with van der Waals surface area (Å²) >= 11 is 0. The lowest BCUT2D eigenvalue weighted by Gasteiger charge is -2.20. The summed E-state index contributed by atoms with van der Waals surface area (Å²) in [6.45, 7) is 0. The van der Waals surface area contributed by atoms with E-state index in [4.69, 9.17) is 0 Å². The molecule has 8 rings (SSSR count). The zero-order chi connectivity index (χ0) is 34.7. The lowest BCUT2D eigenvalue weighted by atomic mass is 9.99. The molecule has 0 fully saturated rings. The van der Waals surface area contributed by atoms with E-state index < -0.39 is 11.7 Å². The number of aromatic nitrogens is 3. The number of nitrogens with zero attached hydrogens (tertiary/aromatic N) is 7. The van der Waals surface area contributed by atoms with Gasteiger partial charge in [0, 0.05) is 38.9 Å². The highest BCUT2D eigenvalue weighted by Gasteiger charge is 2.32. The molecular weight excluding hydrogens is 635 g/mol. The van der Waals surface area contributed by atoms with Crippen LogP contribution in [0, 0.1) is 45.3 Å². The zero-order valence-corrected chi connectivity index (χ0v) is 25.7. The third kappa shape index (κ3) is 4.53. The molecule has 0 aliphatic carbocycles. The number of nitriles is 4. The Morgan fingerprint density at radius 3 is 1.30 bits per heavy atom. The molecule has 50 heavy (non-hydrogen) atoms. The summed E-state index contributed by atoms with van der Waals surface area (Å²) in [7, 11) is 0. The van der Waals surface area contributed by atoms with Gasteiger partial charge in [0.25, 0.3) is 0 Å². The highest BCUT2D eigenvalue weighted by atomic mass is 19.4. The smallest absolute Gasteiger partial charge is 0.309 e. The highest BCUT2D eigenvalue weighted by Crippen LogP contribution is 2.43. The summed E-state index contributed by atoms with van der Waals surface area (Å²) in [6, 6.07) is 34.4. The number of alkyl halides is 3. The van der Waals surface area contributed by atoms with E-state index in [9.17, 15) is 34.2 Å². The molecule has 8 aromatic rings. The first-order valence-corrected chi connectivity index (χ1v) is 15.2. The number of pyridine rings is 1. The number of fused-ring (bicyclic) bond motifs is 6. The van der Waals surface area contributed by atoms with Crippen molar-refractivity contribution < 1.29 is 13.2 Å². The lowest BCUT2D eigenvalue weighted by molar-refractivity contribution is -0.137. The maximum absolute atomic E-state index is 14.4. The highest BCUT2D eigenvalue weighted by molar-refractivity contribution is 6.12. The van der Waals surface area contributed by atoms with Gasteiger partial charge in [-0.25, -0.2) is 0 Å². The molecule has 3 aromatic heterocycles. The van der Waals surface area contributed by atoms with E-state index in [1.54, 1.807) is 85.1 Å². The van der Waals surface area contributed by atoms with E-state index in [0.717, 1.165) is 12.1 Å². The molecular formula is C40H18F3N7. The standard InChI is InChI=1S/C40H18F3N7/c41-40(42,43)27-5-10-38(49-34-6-1-23(18-44)13-29(34)30-14-24(19-45)2-7-35(30)49)33(17-27)28-11-12-48-22-39(28)50-36-8-3-25(20-46)15-31(36)32-16-26(21-47)4-9-37(32)50/h1-17,22H. The van der Waals surface area contributed by atoms with Crippen molar-refractivity contribution in [2.45, 2.75) is 6.18 Å². The summed E-state index contributed by atoms with van der Waals surface area (Å²) in [4.78, 5) is 4.39. The average Bonchev–Trinajstić information content (AvgIpc) is 3.64. The number of halogens is 3. The molecule has 0 spiro atoms. The van der Waals surface area contributed by atoms with Crippen LogP contribution in [0.5, 0.6) is 0 Å². The van der Waals surface area contributed by atoms with Gasteiger partial charge >= 0.3 is 6.18 Å². The maximum Gasteiger partial charge on any atom is 0.416 e. The fourth-order valence-corrected chi connectivity index (χ4v) is 6.76. The molecule has 0 saturated heterocycles. The SMILES string of the molecule is N#Cc1ccc2c(c1)c1cc(C#N)ccc1n2-c1ccc(C(F)(F)F)cc1-c1ccncc1-n1c2ccc(C#N)cc2c2cc(C#N)ccc21. The van der Waals surface area contributed by atoms with Crippen LogP contribution in [0.2, 0.25) is 0 Å². The summed E-state index contributed by atoms with van der Waals surface area (Å²) in [5.41, 5.74) is 4.97. The van der Waals surface area contributed by atoms with Crippen molar-refractivity contribution in [3.63, 3.8) is 0 Å². The molecule has 7 nitrogen and oxygen atoms in total. The van der Waals surface area contributed by atoms with E-state index in [2.05, 4.69) is 29.3 Å². The topological polar surface area (TPSA) is 118 Å². The molecule has 5 aromatic carbocycles. The van der Waals surface area contributed by atoms with Gasteiger partial charge in [0.15, 0.2) is 0 Å². The van der Waals surface area contributed by atoms with E-state index in [1.165, 1.54) is 12.3 Å². The van der Waals surface area contributed by atoms with Crippen LogP contribution in [0.1, 0.15) is 27.8 Å². The Hall–Kier alpha value is -7.40. The van der Waals surface area contributed by atoms with Crippen LogP contribution in [0.3, 0.4) is 0 Å². The van der Waals surface area contributed by atoms with Crippen molar-refractivity contribution in [2.75, 3.05) is 0 Å². The van der Waals surface area contributed by atoms with Crippen LogP contribution in [-0.2, 0) is 6.18 Å². The second kappa shape index (κ2) is 11.1. The minimum Gasteiger partial charge on any atom is -0.309 e. The summed E-state index contributed by atoms with van der Waals surface area (Å²) in [6.07, 6.45) is -1.56. The molecule has 234 valence electrons. The fraction of sp³-hybridized carbons (Fsp3) is 0.0250. The Morgan fingerprint density at radius 2 is 0.900 bits per heavy atom. The summed E-state index contributed by atoms with van der Waals surface area (Å²) in [5.74, 6) is 0. The lowest BCUT2D eigenvalue weighted by Crippen LogP contribution is -2.08. The van der Waals surface area contributed by atoms with Gasteiger partial charge in [-0.15, -0.1) is 0 Å². The Balaban J connectivity index is 1.50. The van der Waals surface area contributed by atoms with E-state index in [1.807, 2.05) is 9.13 Å². The Labute approximate surface area is 281 Å². The maximum atomic E-state index is 14.4. The molecule has 0 N–H and O–H groups in total. The predicted molar refractivity (Wildman–Crippen MR) is 182 cm³/mol. The van der Waals surface area contributed by atoms with Crippen LogP contribution in [0.25, 0.3) is 66.1 Å². The Bertz CT molecular complexity index is 2780. The Morgan fingerprint density at radius 1 is 0.480 bits per heavy atom. The van der Waals surface area contributed by atoms with Gasteiger partial charge < -0.3 is 9.13 Å². The summed E-state index contributed by atoms with van der Waals surface area (Å²) in [5, 5.41) is 41.4. The molecule has 0 bridgehead atoms. The first kappa shape index (κ1) is 30.0. The molecule has 0 atom stereocenters. The van der Waals surface area contributed by atoms with Gasteiger partial charge in [-0.2, -0.15) is 34.2 Å². The molecule has 0 aliphatic heterocycles. The second-order valence-corrected chi connectivity index (χ2v) is 11.7. The Kier molecular flexibility index (Phi) is 6.65. The van der Waals surface area contributed by atoms with Crippen LogP contribution < -0.4 is 0 Å². The van der Waals surface area contributed by atoms with Crippen molar-refractivity contribution in [1.29, 1.82) is 21.0 Å². The van der Waals surface area contributed by atoms with Crippen molar-refractivity contribution >= 4 is 43.6 Å². The molecule has 0 saturated carbocycles. The van der Waals surface area contributed by atoms with Crippen molar-refractivity contribution in [1.82, 2.24) is 14.1 Å². The van der Waals surface area contributed by atoms with Crippen LogP contribution >= 0.6 is 0 Å². The van der Waals surface area contributed by atoms with Crippen molar-refractivity contribution in [3.8, 4) is 46.8 Å². The quantitative estimate of drug-likeness (QED) is 0.188. The van der Waals surface area contributed by atoms with Crippen LogP contribution in [-0.4, -0.2) is 14.1 Å². The van der Waals surface area contributed by atoms with Crippen molar-refractivity contribution in [3.05, 3.63) is 137 Å². The van der Waals surface area contributed by atoms with Gasteiger partial charge in [0.05, 0.1) is 91.7 Å². The third-order valence-electron chi connectivity index (χ3n) is 8.94. The largest absolute Gasteiger partial charge is 0.416 e. The predicted octanol–water partition coefficient (Wildman–Crippen LogP) is 9.45. The van der Waals surface area contributed by atoms with Gasteiger partial charge in [0.2, 0.25) is 0 Å². The molecule has 0 radical (unpaired) electrons. The minimum absolute atomic E-state index is 0.252. The first-order chi connectivity index (χ1) is 24.2. The molecule has 0 aliphatic rings. The normalized spacial score (nSPS) is 11.4.